The SMILES string of the molecule is C=CCC(C)NCC1CCCCCC1. The van der Waals surface area contributed by atoms with E-state index < -0.39 is 0 Å². The minimum absolute atomic E-state index is 0.607. The summed E-state index contributed by atoms with van der Waals surface area (Å²) in [6, 6.07) is 0.607. The predicted octanol–water partition coefficient (Wildman–Crippen LogP) is 3.51. The maximum atomic E-state index is 3.77. The molecule has 0 aromatic rings. The molecule has 1 nitrogen and oxygen atoms in total. The number of hydrogen-bond donors (Lipinski definition) is 1. The molecule has 1 rings (SSSR count). The van der Waals surface area contributed by atoms with Gasteiger partial charge in [0.15, 0.2) is 0 Å². The molecule has 0 aliphatic heterocycles. The molecule has 0 radical (unpaired) electrons. The van der Waals surface area contributed by atoms with Crippen LogP contribution in [0.2, 0.25) is 0 Å². The van der Waals surface area contributed by atoms with Crippen molar-refractivity contribution in [2.24, 2.45) is 5.92 Å². The first-order valence-electron chi connectivity index (χ1n) is 6.17. The van der Waals surface area contributed by atoms with Crippen LogP contribution in [0.1, 0.15) is 51.9 Å². The van der Waals surface area contributed by atoms with E-state index in [1.54, 1.807) is 0 Å². The number of rotatable bonds is 5. The maximum Gasteiger partial charge on any atom is 0.00732 e. The van der Waals surface area contributed by atoms with Gasteiger partial charge in [-0.05, 0) is 38.6 Å². The lowest BCUT2D eigenvalue weighted by atomic mass is 10.00. The summed E-state index contributed by atoms with van der Waals surface area (Å²) in [5.41, 5.74) is 0. The fourth-order valence-electron chi connectivity index (χ4n) is 2.27. The normalized spacial score (nSPS) is 21.5. The molecule has 1 unspecified atom stereocenters. The van der Waals surface area contributed by atoms with Gasteiger partial charge in [0, 0.05) is 6.04 Å². The Kier molecular flexibility index (Phi) is 5.93. The van der Waals surface area contributed by atoms with Gasteiger partial charge < -0.3 is 5.32 Å². The first kappa shape index (κ1) is 11.8. The molecule has 1 fully saturated rings. The monoisotopic (exact) mass is 195 g/mol. The van der Waals surface area contributed by atoms with E-state index in [0.29, 0.717) is 6.04 Å². The van der Waals surface area contributed by atoms with Crippen molar-refractivity contribution in [1.29, 1.82) is 0 Å². The summed E-state index contributed by atoms with van der Waals surface area (Å²) in [5, 5.41) is 3.61. The van der Waals surface area contributed by atoms with Crippen LogP contribution in [0.3, 0.4) is 0 Å². The van der Waals surface area contributed by atoms with E-state index in [9.17, 15) is 0 Å². The van der Waals surface area contributed by atoms with E-state index in [4.69, 9.17) is 0 Å². The van der Waals surface area contributed by atoms with Crippen molar-refractivity contribution in [3.8, 4) is 0 Å². The van der Waals surface area contributed by atoms with Gasteiger partial charge in [-0.15, -0.1) is 6.58 Å². The van der Waals surface area contributed by atoms with Crippen LogP contribution >= 0.6 is 0 Å². The standard InChI is InChI=1S/C13H25N/c1-3-8-12(2)14-11-13-9-6-4-5-7-10-13/h3,12-14H,1,4-11H2,2H3. The van der Waals surface area contributed by atoms with Crippen molar-refractivity contribution in [1.82, 2.24) is 5.32 Å². The van der Waals surface area contributed by atoms with Crippen molar-refractivity contribution in [2.75, 3.05) is 6.54 Å². The van der Waals surface area contributed by atoms with E-state index in [0.717, 1.165) is 12.3 Å². The highest BCUT2D eigenvalue weighted by atomic mass is 14.9. The van der Waals surface area contributed by atoms with Crippen molar-refractivity contribution < 1.29 is 0 Å². The molecular formula is C13H25N. The fraction of sp³-hybridized carbons (Fsp3) is 0.846. The minimum Gasteiger partial charge on any atom is -0.314 e. The Morgan fingerprint density at radius 3 is 2.50 bits per heavy atom. The zero-order valence-electron chi connectivity index (χ0n) is 9.60. The predicted molar refractivity (Wildman–Crippen MR) is 63.5 cm³/mol. The van der Waals surface area contributed by atoms with Crippen molar-refractivity contribution >= 4 is 0 Å². The molecule has 1 atom stereocenters. The first-order chi connectivity index (χ1) is 6.83. The van der Waals surface area contributed by atoms with E-state index in [2.05, 4.69) is 18.8 Å². The summed E-state index contributed by atoms with van der Waals surface area (Å²) in [5.74, 6) is 0.935. The summed E-state index contributed by atoms with van der Waals surface area (Å²) < 4.78 is 0. The Balaban J connectivity index is 2.12. The Bertz CT molecular complexity index is 145. The zero-order chi connectivity index (χ0) is 10.2. The maximum absolute atomic E-state index is 3.77. The molecule has 1 heteroatoms. The van der Waals surface area contributed by atoms with E-state index >= 15 is 0 Å². The second-order valence-corrected chi connectivity index (χ2v) is 4.69. The largest absolute Gasteiger partial charge is 0.314 e. The molecule has 0 aromatic carbocycles. The molecule has 0 saturated heterocycles. The highest BCUT2D eigenvalue weighted by molar-refractivity contribution is 4.76. The molecular weight excluding hydrogens is 170 g/mol. The topological polar surface area (TPSA) is 12.0 Å². The van der Waals surface area contributed by atoms with Gasteiger partial charge in [0.25, 0.3) is 0 Å². The van der Waals surface area contributed by atoms with Gasteiger partial charge >= 0.3 is 0 Å². The van der Waals surface area contributed by atoms with Crippen LogP contribution in [-0.4, -0.2) is 12.6 Å². The van der Waals surface area contributed by atoms with Gasteiger partial charge in [-0.2, -0.15) is 0 Å². The van der Waals surface area contributed by atoms with E-state index in [-0.39, 0.29) is 0 Å². The second kappa shape index (κ2) is 7.05. The molecule has 0 heterocycles. The Morgan fingerprint density at radius 1 is 1.29 bits per heavy atom. The van der Waals surface area contributed by atoms with Gasteiger partial charge in [0.2, 0.25) is 0 Å². The average Bonchev–Trinajstić information content (AvgIpc) is 2.43. The molecule has 1 N–H and O–H groups in total. The van der Waals surface area contributed by atoms with Crippen LogP contribution in [0.4, 0.5) is 0 Å². The Hall–Kier alpha value is -0.300. The van der Waals surface area contributed by atoms with Crippen molar-refractivity contribution in [3.63, 3.8) is 0 Å². The highest BCUT2D eigenvalue weighted by Crippen LogP contribution is 2.22. The highest BCUT2D eigenvalue weighted by Gasteiger charge is 2.12. The Labute approximate surface area is 89.0 Å². The van der Waals surface area contributed by atoms with Gasteiger partial charge in [0.05, 0.1) is 0 Å². The van der Waals surface area contributed by atoms with Crippen molar-refractivity contribution in [3.05, 3.63) is 12.7 Å². The van der Waals surface area contributed by atoms with Crippen LogP contribution in [0, 0.1) is 5.92 Å². The number of hydrogen-bond acceptors (Lipinski definition) is 1. The minimum atomic E-state index is 0.607. The van der Waals surface area contributed by atoms with Gasteiger partial charge in [-0.3, -0.25) is 0 Å². The smallest absolute Gasteiger partial charge is 0.00732 e. The summed E-state index contributed by atoms with van der Waals surface area (Å²) in [4.78, 5) is 0. The van der Waals surface area contributed by atoms with Crippen LogP contribution in [0.15, 0.2) is 12.7 Å². The second-order valence-electron chi connectivity index (χ2n) is 4.69. The molecule has 1 aliphatic carbocycles. The third-order valence-electron chi connectivity index (χ3n) is 3.25. The van der Waals surface area contributed by atoms with E-state index in [1.807, 2.05) is 6.08 Å². The first-order valence-corrected chi connectivity index (χ1v) is 6.17. The fourth-order valence-corrected chi connectivity index (χ4v) is 2.27. The molecule has 82 valence electrons. The van der Waals surface area contributed by atoms with Crippen LogP contribution in [-0.2, 0) is 0 Å². The molecule has 14 heavy (non-hydrogen) atoms. The van der Waals surface area contributed by atoms with Crippen LogP contribution < -0.4 is 5.32 Å². The lowest BCUT2D eigenvalue weighted by Gasteiger charge is -2.18. The summed E-state index contributed by atoms with van der Waals surface area (Å²) in [6.45, 7) is 7.24. The third-order valence-corrected chi connectivity index (χ3v) is 3.25. The molecule has 1 saturated carbocycles. The number of nitrogens with one attached hydrogen (secondary N) is 1. The van der Waals surface area contributed by atoms with Gasteiger partial charge in [-0.1, -0.05) is 31.8 Å². The summed E-state index contributed by atoms with van der Waals surface area (Å²) >= 11 is 0. The zero-order valence-corrected chi connectivity index (χ0v) is 9.60. The molecule has 0 amide bonds. The quantitative estimate of drug-likeness (QED) is 0.523. The summed E-state index contributed by atoms with van der Waals surface area (Å²) in [7, 11) is 0. The molecule has 0 aromatic heterocycles. The van der Waals surface area contributed by atoms with Crippen LogP contribution in [0.5, 0.6) is 0 Å². The van der Waals surface area contributed by atoms with Gasteiger partial charge in [-0.25, -0.2) is 0 Å². The lowest BCUT2D eigenvalue weighted by Crippen LogP contribution is -2.30. The molecule has 1 aliphatic rings. The molecule has 0 bridgehead atoms. The van der Waals surface area contributed by atoms with Crippen molar-refractivity contribution in [2.45, 2.75) is 57.9 Å². The third kappa shape index (κ3) is 4.80. The average molecular weight is 195 g/mol. The van der Waals surface area contributed by atoms with Gasteiger partial charge in [0.1, 0.15) is 0 Å². The van der Waals surface area contributed by atoms with E-state index in [1.165, 1.54) is 45.1 Å². The van der Waals surface area contributed by atoms with Crippen LogP contribution in [0.25, 0.3) is 0 Å². The lowest BCUT2D eigenvalue weighted by molar-refractivity contribution is 0.400. The summed E-state index contributed by atoms with van der Waals surface area (Å²) in [6.07, 6.45) is 11.8. The molecule has 0 spiro atoms. The Morgan fingerprint density at radius 2 is 1.93 bits per heavy atom.